The molecule has 0 atom stereocenters. The lowest BCUT2D eigenvalue weighted by Gasteiger charge is -2.29. The first-order chi connectivity index (χ1) is 11.4. The van der Waals surface area contributed by atoms with Crippen molar-refractivity contribution in [1.29, 1.82) is 0 Å². The minimum absolute atomic E-state index is 0.0306. The summed E-state index contributed by atoms with van der Waals surface area (Å²) in [4.78, 5) is 16.5. The predicted octanol–water partition coefficient (Wildman–Crippen LogP) is 3.56. The number of hydrogen-bond donors (Lipinski definition) is 0. The highest BCUT2D eigenvalue weighted by Gasteiger charge is 2.21. The van der Waals surface area contributed by atoms with Crippen LogP contribution in [-0.2, 0) is 6.42 Å². The maximum atomic E-state index is 13.7. The first kappa shape index (κ1) is 18.3. The minimum Gasteiger partial charge on any atom is -0.272 e. The van der Waals surface area contributed by atoms with Crippen LogP contribution in [0.3, 0.4) is 0 Å². The number of hydrogen-bond acceptors (Lipinski definition) is 3. The Balaban J connectivity index is 2.07. The molecule has 0 aliphatic carbocycles. The zero-order chi connectivity index (χ0) is 17.7. The molecule has 0 radical (unpaired) electrons. The van der Waals surface area contributed by atoms with E-state index in [9.17, 15) is 13.6 Å². The van der Waals surface area contributed by atoms with Gasteiger partial charge in [-0.15, -0.1) is 0 Å². The Bertz CT molecular complexity index is 704. The highest BCUT2D eigenvalue weighted by Crippen LogP contribution is 2.17. The normalized spacial score (nSPS) is 10.9. The summed E-state index contributed by atoms with van der Waals surface area (Å²) in [6.07, 6.45) is 2.09. The Hall–Kier alpha value is -2.05. The number of rotatable bonds is 6. The second kappa shape index (κ2) is 8.17. The van der Waals surface area contributed by atoms with E-state index in [1.807, 2.05) is 0 Å². The number of amides is 1. The van der Waals surface area contributed by atoms with E-state index in [4.69, 9.17) is 11.6 Å². The number of carbonyl (C=O) groups excluding carboxylic acids is 1. The lowest BCUT2D eigenvalue weighted by molar-refractivity contribution is 0.0195. The largest absolute Gasteiger partial charge is 0.272 e. The molecule has 7 heteroatoms. The molecule has 1 aromatic heterocycles. The number of hydrazine groups is 1. The second-order valence-corrected chi connectivity index (χ2v) is 5.78. The van der Waals surface area contributed by atoms with Gasteiger partial charge in [-0.1, -0.05) is 17.7 Å². The molecule has 0 aliphatic rings. The summed E-state index contributed by atoms with van der Waals surface area (Å²) in [7, 11) is 3.43. The monoisotopic (exact) mass is 353 g/mol. The van der Waals surface area contributed by atoms with Crippen LogP contribution in [0.5, 0.6) is 0 Å². The maximum Gasteiger partial charge on any atom is 0.271 e. The molecule has 0 spiro atoms. The van der Waals surface area contributed by atoms with Crippen LogP contribution in [-0.4, -0.2) is 41.5 Å². The van der Waals surface area contributed by atoms with Crippen molar-refractivity contribution in [2.75, 3.05) is 20.6 Å². The van der Waals surface area contributed by atoms with Gasteiger partial charge in [0.15, 0.2) is 0 Å². The zero-order valence-corrected chi connectivity index (χ0v) is 14.2. The molecule has 0 aliphatic heterocycles. The van der Waals surface area contributed by atoms with Crippen LogP contribution in [0, 0.1) is 11.6 Å². The van der Waals surface area contributed by atoms with Gasteiger partial charge in [-0.25, -0.2) is 18.8 Å². The van der Waals surface area contributed by atoms with Gasteiger partial charge in [-0.2, -0.15) is 0 Å². The molecule has 1 aromatic carbocycles. The van der Waals surface area contributed by atoms with Gasteiger partial charge in [-0.3, -0.25) is 9.80 Å². The minimum atomic E-state index is -0.576. The predicted molar refractivity (Wildman–Crippen MR) is 88.6 cm³/mol. The van der Waals surface area contributed by atoms with E-state index in [0.717, 1.165) is 0 Å². The molecule has 128 valence electrons. The smallest absolute Gasteiger partial charge is 0.271 e. The summed E-state index contributed by atoms with van der Waals surface area (Å²) in [5, 5.41) is 3.19. The summed E-state index contributed by atoms with van der Waals surface area (Å²) >= 11 is 5.96. The van der Waals surface area contributed by atoms with Crippen LogP contribution in [0.25, 0.3) is 0 Å². The van der Waals surface area contributed by atoms with Crippen LogP contribution in [0.1, 0.15) is 22.3 Å². The van der Waals surface area contributed by atoms with Crippen molar-refractivity contribution >= 4 is 17.5 Å². The molecule has 4 nitrogen and oxygen atoms in total. The third-order valence-corrected chi connectivity index (χ3v) is 3.87. The number of pyridine rings is 1. The van der Waals surface area contributed by atoms with Crippen LogP contribution in [0.15, 0.2) is 36.5 Å². The topological polar surface area (TPSA) is 36.4 Å². The molecule has 2 aromatic rings. The molecule has 24 heavy (non-hydrogen) atoms. The molecular formula is C17H18ClF2N3O. The van der Waals surface area contributed by atoms with Gasteiger partial charge in [0.2, 0.25) is 0 Å². The van der Waals surface area contributed by atoms with Gasteiger partial charge in [0.1, 0.15) is 16.8 Å². The lowest BCUT2D eigenvalue weighted by atomic mass is 10.1. The number of halogens is 3. The summed E-state index contributed by atoms with van der Waals surface area (Å²) < 4.78 is 27.3. The van der Waals surface area contributed by atoms with Crippen molar-refractivity contribution in [2.45, 2.75) is 12.8 Å². The molecule has 0 saturated heterocycles. The van der Waals surface area contributed by atoms with Crippen molar-refractivity contribution in [3.63, 3.8) is 0 Å². The Morgan fingerprint density at radius 1 is 1.17 bits per heavy atom. The third-order valence-electron chi connectivity index (χ3n) is 3.57. The summed E-state index contributed by atoms with van der Waals surface area (Å²) in [6, 6.07) is 6.99. The van der Waals surface area contributed by atoms with Gasteiger partial charge in [-0.05, 0) is 37.1 Å². The van der Waals surface area contributed by atoms with E-state index in [-0.39, 0.29) is 28.6 Å². The third kappa shape index (κ3) is 4.27. The Morgan fingerprint density at radius 2 is 1.83 bits per heavy atom. The zero-order valence-electron chi connectivity index (χ0n) is 13.5. The molecule has 0 unspecified atom stereocenters. The number of aromatic nitrogens is 1. The van der Waals surface area contributed by atoms with Crippen molar-refractivity contribution in [1.82, 2.24) is 15.0 Å². The Labute approximate surface area is 144 Å². The van der Waals surface area contributed by atoms with Gasteiger partial charge in [0.25, 0.3) is 5.91 Å². The number of carbonyl (C=O) groups is 1. The van der Waals surface area contributed by atoms with Crippen molar-refractivity contribution in [2.24, 2.45) is 0 Å². The van der Waals surface area contributed by atoms with Crippen LogP contribution in [0.2, 0.25) is 5.15 Å². The molecule has 1 amide bonds. The Kier molecular flexibility index (Phi) is 6.23. The van der Waals surface area contributed by atoms with Crippen molar-refractivity contribution in [3.05, 3.63) is 64.4 Å². The fraction of sp³-hybridized carbons (Fsp3) is 0.294. The van der Waals surface area contributed by atoms with E-state index in [1.165, 1.54) is 29.4 Å². The molecule has 0 saturated carbocycles. The molecule has 1 heterocycles. The highest BCUT2D eigenvalue weighted by molar-refractivity contribution is 6.32. The van der Waals surface area contributed by atoms with Gasteiger partial charge < -0.3 is 0 Å². The maximum absolute atomic E-state index is 13.7. The van der Waals surface area contributed by atoms with Crippen molar-refractivity contribution in [3.8, 4) is 0 Å². The Morgan fingerprint density at radius 3 is 2.42 bits per heavy atom. The quantitative estimate of drug-likeness (QED) is 0.588. The fourth-order valence-corrected chi connectivity index (χ4v) is 2.54. The first-order valence-electron chi connectivity index (χ1n) is 7.44. The first-order valence-corrected chi connectivity index (χ1v) is 7.82. The van der Waals surface area contributed by atoms with Crippen LogP contribution >= 0.6 is 11.6 Å². The summed E-state index contributed by atoms with van der Waals surface area (Å²) in [6.45, 7) is 0.296. The lowest BCUT2D eigenvalue weighted by Crippen LogP contribution is -2.42. The molecule has 2 rings (SSSR count). The standard InChI is InChI=1S/C17H18ClF2N3O/c1-22(2)23(17(24)13-6-4-10-21-16(13)18)11-5-7-12-14(19)8-3-9-15(12)20/h3-4,6,8-10H,5,7,11H2,1-2H3. The number of benzene rings is 1. The average molecular weight is 354 g/mol. The van der Waals surface area contributed by atoms with E-state index in [2.05, 4.69) is 4.98 Å². The molecule has 0 bridgehead atoms. The van der Waals surface area contributed by atoms with E-state index < -0.39 is 11.6 Å². The average Bonchev–Trinajstić information content (AvgIpc) is 2.53. The van der Waals surface area contributed by atoms with Crippen molar-refractivity contribution < 1.29 is 13.6 Å². The van der Waals surface area contributed by atoms with Crippen LogP contribution in [0.4, 0.5) is 8.78 Å². The van der Waals surface area contributed by atoms with E-state index in [1.54, 1.807) is 31.2 Å². The summed E-state index contributed by atoms with van der Waals surface area (Å²) in [5.74, 6) is -1.46. The van der Waals surface area contributed by atoms with Gasteiger partial charge >= 0.3 is 0 Å². The van der Waals surface area contributed by atoms with Gasteiger partial charge in [0.05, 0.1) is 5.56 Å². The van der Waals surface area contributed by atoms with E-state index >= 15 is 0 Å². The van der Waals surface area contributed by atoms with E-state index in [0.29, 0.717) is 13.0 Å². The number of nitrogens with zero attached hydrogens (tertiary/aromatic N) is 3. The highest BCUT2D eigenvalue weighted by atomic mass is 35.5. The van der Waals surface area contributed by atoms with Crippen LogP contribution < -0.4 is 0 Å². The fourth-order valence-electron chi connectivity index (χ4n) is 2.34. The molecule has 0 N–H and O–H groups in total. The summed E-state index contributed by atoms with van der Waals surface area (Å²) in [5.41, 5.74) is 0.313. The second-order valence-electron chi connectivity index (χ2n) is 5.42. The molecular weight excluding hydrogens is 336 g/mol. The van der Waals surface area contributed by atoms with Gasteiger partial charge in [0, 0.05) is 32.4 Å². The SMILES string of the molecule is CN(C)N(CCCc1c(F)cccc1F)C(=O)c1cccnc1Cl. The molecule has 0 fully saturated rings.